The van der Waals surface area contributed by atoms with Crippen molar-refractivity contribution in [3.63, 3.8) is 0 Å². The molecule has 2 heterocycles. The van der Waals surface area contributed by atoms with E-state index in [9.17, 15) is 0 Å². The molecule has 0 spiro atoms. The van der Waals surface area contributed by atoms with Crippen LogP contribution in [0.4, 0.5) is 0 Å². The lowest BCUT2D eigenvalue weighted by molar-refractivity contribution is -0.708. The van der Waals surface area contributed by atoms with E-state index in [1.807, 2.05) is 0 Å². The molecule has 0 bridgehead atoms. The highest BCUT2D eigenvalue weighted by molar-refractivity contribution is 4.93. The number of halogens is 2. The van der Waals surface area contributed by atoms with Gasteiger partial charge >= 0.3 is 0 Å². The molecule has 0 saturated carbocycles. The van der Waals surface area contributed by atoms with Crippen molar-refractivity contribution in [2.75, 3.05) is 0 Å². The number of H-pyrrole nitrogens is 2. The summed E-state index contributed by atoms with van der Waals surface area (Å²) < 4.78 is 4.73. The maximum atomic E-state index is 3.43. The highest BCUT2D eigenvalue weighted by Gasteiger charge is 2.23. The topological polar surface area (TPSA) is 39.3 Å². The van der Waals surface area contributed by atoms with Crippen LogP contribution in [0.1, 0.15) is 64.0 Å². The molecule has 2 rings (SSSR count). The quantitative estimate of drug-likeness (QED) is 0.248. The van der Waals surface area contributed by atoms with Crippen LogP contribution in [0.3, 0.4) is 0 Å². The second-order valence-corrected chi connectivity index (χ2v) is 5.95. The molecule has 1 unspecified atom stereocenters. The van der Waals surface area contributed by atoms with Gasteiger partial charge in [0, 0.05) is 0 Å². The molecule has 0 aliphatic heterocycles. The Balaban J connectivity index is 0.00000242. The lowest BCUT2D eigenvalue weighted by Crippen LogP contribution is -3.00. The van der Waals surface area contributed by atoms with E-state index >= 15 is 0 Å². The van der Waals surface area contributed by atoms with E-state index < -0.39 is 0 Å². The van der Waals surface area contributed by atoms with Crippen LogP contribution in [-0.4, -0.2) is 9.97 Å². The minimum absolute atomic E-state index is 0. The summed E-state index contributed by atoms with van der Waals surface area (Å²) in [7, 11) is 0. The third-order valence-electron chi connectivity index (χ3n) is 4.12. The van der Waals surface area contributed by atoms with E-state index in [2.05, 4.69) is 64.7 Å². The number of nitrogens with zero attached hydrogens (tertiary/aromatic N) is 2. The van der Waals surface area contributed by atoms with Gasteiger partial charge in [-0.05, 0) is 12.8 Å². The van der Waals surface area contributed by atoms with Gasteiger partial charge in [-0.2, -0.15) is 0 Å². The van der Waals surface area contributed by atoms with Crippen molar-refractivity contribution in [1.82, 2.24) is 9.97 Å². The molecule has 0 fully saturated rings. The minimum Gasteiger partial charge on any atom is -1.00 e. The van der Waals surface area contributed by atoms with Crippen LogP contribution in [0.25, 0.3) is 0 Å². The molecular weight excluding hydrogens is 514 g/mol. The largest absolute Gasteiger partial charge is 1.00 e. The van der Waals surface area contributed by atoms with Crippen LogP contribution in [0.5, 0.6) is 0 Å². The molecule has 2 N–H and O–H groups in total. The zero-order valence-electron chi connectivity index (χ0n) is 14.5. The monoisotopic (exact) mass is 544 g/mol. The van der Waals surface area contributed by atoms with Crippen molar-refractivity contribution in [3.8, 4) is 0 Å². The third-order valence-corrected chi connectivity index (χ3v) is 4.12. The van der Waals surface area contributed by atoms with Gasteiger partial charge in [-0.3, -0.25) is 0 Å². The average Bonchev–Trinajstić information content (AvgIpc) is 3.11. The predicted molar refractivity (Wildman–Crippen MR) is 83.9 cm³/mol. The lowest BCUT2D eigenvalue weighted by Gasteiger charge is -2.07. The Morgan fingerprint density at radius 2 is 1.48 bits per heavy atom. The Morgan fingerprint density at radius 1 is 0.913 bits per heavy atom. The maximum absolute atomic E-state index is 3.43. The first-order chi connectivity index (χ1) is 10.3. The molecule has 1 atom stereocenters. The van der Waals surface area contributed by atoms with E-state index in [1.165, 1.54) is 37.3 Å². The van der Waals surface area contributed by atoms with Crippen molar-refractivity contribution in [3.05, 3.63) is 36.4 Å². The Labute approximate surface area is 174 Å². The summed E-state index contributed by atoms with van der Waals surface area (Å²) in [5.74, 6) is 3.15. The predicted octanol–water partition coefficient (Wildman–Crippen LogP) is -3.13. The molecule has 0 aromatic carbocycles. The zero-order chi connectivity index (χ0) is 15.1. The molecule has 0 amide bonds. The first kappa shape index (κ1) is 22.9. The number of unbranched alkanes of at least 4 members (excludes halogenated alkanes) is 2. The van der Waals surface area contributed by atoms with E-state index in [0.29, 0.717) is 5.92 Å². The Bertz CT molecular complexity index is 536. The van der Waals surface area contributed by atoms with Crippen LogP contribution >= 0.6 is 0 Å². The third kappa shape index (κ3) is 6.72. The molecule has 132 valence electrons. The van der Waals surface area contributed by atoms with E-state index in [4.69, 9.17) is 0 Å². The van der Waals surface area contributed by atoms with E-state index in [-0.39, 0.29) is 48.0 Å². The van der Waals surface area contributed by atoms with Gasteiger partial charge in [-0.1, -0.05) is 33.6 Å². The van der Waals surface area contributed by atoms with Crippen molar-refractivity contribution in [2.24, 2.45) is 0 Å². The number of aromatic nitrogens is 4. The van der Waals surface area contributed by atoms with Crippen LogP contribution in [-0.2, 0) is 19.5 Å². The van der Waals surface area contributed by atoms with Crippen molar-refractivity contribution >= 4 is 0 Å². The number of nitrogens with one attached hydrogen (secondary N) is 2. The van der Waals surface area contributed by atoms with Gasteiger partial charge in [-0.25, -0.2) is 19.1 Å². The van der Waals surface area contributed by atoms with Crippen LogP contribution < -0.4 is 57.1 Å². The summed E-state index contributed by atoms with van der Waals surface area (Å²) in [6.45, 7) is 9.01. The van der Waals surface area contributed by atoms with Crippen LogP contribution in [0.2, 0.25) is 0 Å². The molecule has 0 aliphatic carbocycles. The Kier molecular flexibility index (Phi) is 12.2. The number of imidazole rings is 2. The van der Waals surface area contributed by atoms with Crippen molar-refractivity contribution in [2.45, 2.75) is 71.9 Å². The van der Waals surface area contributed by atoms with Crippen LogP contribution in [0.15, 0.2) is 24.8 Å². The first-order valence-electron chi connectivity index (χ1n) is 8.38. The van der Waals surface area contributed by atoms with Gasteiger partial charge in [0.05, 0.1) is 25.4 Å². The van der Waals surface area contributed by atoms with Crippen molar-refractivity contribution < 1.29 is 57.1 Å². The molecule has 0 radical (unpaired) electrons. The molecule has 4 nitrogen and oxygen atoms in total. The van der Waals surface area contributed by atoms with Gasteiger partial charge in [0.1, 0.15) is 24.8 Å². The minimum atomic E-state index is 0. The van der Waals surface area contributed by atoms with E-state index in [1.54, 1.807) is 0 Å². The summed E-state index contributed by atoms with van der Waals surface area (Å²) >= 11 is 0. The second-order valence-electron chi connectivity index (χ2n) is 5.95. The van der Waals surface area contributed by atoms with Gasteiger partial charge in [0.15, 0.2) is 0 Å². The first-order valence-corrected chi connectivity index (χ1v) is 8.38. The summed E-state index contributed by atoms with van der Waals surface area (Å²) in [6, 6.07) is 0. The number of aromatic amines is 2. The SMILES string of the molecule is CCCC[n+]1cc[nH]c1CC(C)c1[nH]cc[n+]1CCCC.[I-].[I-]. The van der Waals surface area contributed by atoms with Gasteiger partial charge < -0.3 is 48.0 Å². The number of rotatable bonds is 9. The highest BCUT2D eigenvalue weighted by atomic mass is 127. The fourth-order valence-electron chi connectivity index (χ4n) is 2.82. The smallest absolute Gasteiger partial charge is 0.257 e. The summed E-state index contributed by atoms with van der Waals surface area (Å²) in [4.78, 5) is 6.84. The fraction of sp³-hybridized carbons (Fsp3) is 0.647. The molecule has 2 aromatic heterocycles. The molecule has 23 heavy (non-hydrogen) atoms. The van der Waals surface area contributed by atoms with E-state index in [0.717, 1.165) is 19.5 Å². The number of aryl methyl sites for hydroxylation is 2. The highest BCUT2D eigenvalue weighted by Crippen LogP contribution is 2.13. The normalized spacial score (nSPS) is 11.6. The molecule has 0 saturated heterocycles. The number of hydrogen-bond donors (Lipinski definition) is 2. The van der Waals surface area contributed by atoms with Gasteiger partial charge in [0.25, 0.3) is 11.6 Å². The zero-order valence-corrected chi connectivity index (χ0v) is 18.8. The maximum Gasteiger partial charge on any atom is 0.257 e. The van der Waals surface area contributed by atoms with Gasteiger partial charge in [0.2, 0.25) is 0 Å². The van der Waals surface area contributed by atoms with Crippen molar-refractivity contribution in [1.29, 1.82) is 0 Å². The molecular formula is C17H30I2N4. The second kappa shape index (κ2) is 12.3. The average molecular weight is 544 g/mol. The Morgan fingerprint density at radius 3 is 2.13 bits per heavy atom. The van der Waals surface area contributed by atoms with Gasteiger partial charge in [-0.15, -0.1) is 0 Å². The standard InChI is InChI=1S/C17H28N4.2HI/c1-4-6-10-20-12-8-18-16(20)14-15(3)17-19-9-13-21(17)11-7-5-2;;/h8-9,12-13,15H,4-7,10-11,14H2,1-3H3;2*1H. The summed E-state index contributed by atoms with van der Waals surface area (Å²) in [5.41, 5.74) is 0. The summed E-state index contributed by atoms with van der Waals surface area (Å²) in [6.07, 6.45) is 14.4. The molecule has 0 aliphatic rings. The lowest BCUT2D eigenvalue weighted by atomic mass is 10.1. The molecule has 6 heteroatoms. The molecule has 2 aromatic rings. The summed E-state index contributed by atoms with van der Waals surface area (Å²) in [5, 5.41) is 0. The van der Waals surface area contributed by atoms with Crippen LogP contribution in [0, 0.1) is 0 Å². The fourth-order valence-corrected chi connectivity index (χ4v) is 2.82. The number of hydrogen-bond acceptors (Lipinski definition) is 0. The Hall–Kier alpha value is -0.120.